The Morgan fingerprint density at radius 3 is 2.68 bits per heavy atom. The zero-order chi connectivity index (χ0) is 26.9. The van der Waals surface area contributed by atoms with Crippen molar-refractivity contribution in [2.75, 3.05) is 18.4 Å². The van der Waals surface area contributed by atoms with E-state index in [4.69, 9.17) is 5.73 Å². The second-order valence-electron chi connectivity index (χ2n) is 10.1. The number of phenols is 1. The Morgan fingerprint density at radius 2 is 2.03 bits per heavy atom. The molecule has 8 nitrogen and oxygen atoms in total. The lowest BCUT2D eigenvalue weighted by Gasteiger charge is -2.43. The molecular weight excluding hydrogens is 490 g/mol. The average Bonchev–Trinajstić information content (AvgIpc) is 3.69. The molecule has 1 saturated carbocycles. The number of aromatic nitrogens is 2. The van der Waals surface area contributed by atoms with Crippen LogP contribution in [0.25, 0.3) is 11.1 Å². The van der Waals surface area contributed by atoms with Gasteiger partial charge < -0.3 is 16.2 Å². The van der Waals surface area contributed by atoms with Gasteiger partial charge >= 0.3 is 0 Å². The highest BCUT2D eigenvalue weighted by atomic mass is 19.1. The van der Waals surface area contributed by atoms with Crippen molar-refractivity contribution in [1.82, 2.24) is 14.7 Å². The van der Waals surface area contributed by atoms with Crippen LogP contribution in [0, 0.1) is 23.1 Å². The van der Waals surface area contributed by atoms with Crippen molar-refractivity contribution in [1.29, 1.82) is 5.26 Å². The van der Waals surface area contributed by atoms with Gasteiger partial charge in [-0.25, -0.2) is 8.78 Å². The number of halogens is 2. The molecule has 4 N–H and O–H groups in total. The molecule has 2 aliphatic rings. The third-order valence-electron chi connectivity index (χ3n) is 7.55. The minimum atomic E-state index is -1.49. The molecule has 1 aliphatic heterocycles. The zero-order valence-electron chi connectivity index (χ0n) is 20.9. The van der Waals surface area contributed by atoms with Gasteiger partial charge in [-0.15, -0.1) is 0 Å². The van der Waals surface area contributed by atoms with Crippen LogP contribution in [0.5, 0.6) is 5.75 Å². The number of nitrogens with two attached hydrogens (primary N) is 1. The maximum atomic E-state index is 15.9. The van der Waals surface area contributed by atoms with E-state index in [1.54, 1.807) is 23.2 Å². The predicted molar refractivity (Wildman–Crippen MR) is 138 cm³/mol. The summed E-state index contributed by atoms with van der Waals surface area (Å²) in [6.07, 6.45) is 1.91. The van der Waals surface area contributed by atoms with Gasteiger partial charge in [-0.3, -0.25) is 14.4 Å². The van der Waals surface area contributed by atoms with Crippen LogP contribution in [0.1, 0.15) is 36.8 Å². The fourth-order valence-electron chi connectivity index (χ4n) is 5.09. The number of benzene rings is 2. The fraction of sp³-hybridized carbons (Fsp3) is 0.393. The Labute approximate surface area is 219 Å². The van der Waals surface area contributed by atoms with E-state index < -0.39 is 17.5 Å². The number of hydrogen-bond acceptors (Lipinski definition) is 6. The molecule has 5 rings (SSSR count). The SMILES string of the molecule is N#CCC1(n2cc(CN)c(NC(=O)C3CC3)n2)CCN(Cc2cc(O)c(-c3ccccc3)cc2F)CC1F. The topological polar surface area (TPSA) is 120 Å². The molecule has 198 valence electrons. The summed E-state index contributed by atoms with van der Waals surface area (Å²) in [6, 6.07) is 13.8. The van der Waals surface area contributed by atoms with Gasteiger partial charge in [0.05, 0.1) is 12.5 Å². The molecule has 2 aromatic carbocycles. The summed E-state index contributed by atoms with van der Waals surface area (Å²) in [7, 11) is 0. The Bertz CT molecular complexity index is 1370. The lowest BCUT2D eigenvalue weighted by molar-refractivity contribution is -0.117. The van der Waals surface area contributed by atoms with Crippen LogP contribution >= 0.6 is 0 Å². The van der Waals surface area contributed by atoms with Crippen LogP contribution in [0.4, 0.5) is 14.6 Å². The molecule has 2 fully saturated rings. The highest BCUT2D eigenvalue weighted by Gasteiger charge is 2.46. The van der Waals surface area contributed by atoms with Crippen molar-refractivity contribution in [3.05, 3.63) is 65.6 Å². The van der Waals surface area contributed by atoms with Crippen molar-refractivity contribution >= 4 is 11.7 Å². The number of nitrogens with one attached hydrogen (secondary N) is 1. The Hall–Kier alpha value is -3.81. The number of phenolic OH excluding ortho intramolecular Hbond substituents is 1. The zero-order valence-corrected chi connectivity index (χ0v) is 20.9. The molecule has 2 unspecified atom stereocenters. The third kappa shape index (κ3) is 4.99. The fourth-order valence-corrected chi connectivity index (χ4v) is 5.09. The summed E-state index contributed by atoms with van der Waals surface area (Å²) in [5.41, 5.74) is 6.55. The van der Waals surface area contributed by atoms with Gasteiger partial charge in [0.1, 0.15) is 23.3 Å². The number of rotatable bonds is 8. The number of likely N-dealkylation sites (tertiary alicyclic amines) is 1. The summed E-state index contributed by atoms with van der Waals surface area (Å²) in [6.45, 7) is 0.537. The van der Waals surface area contributed by atoms with Crippen molar-refractivity contribution in [3.8, 4) is 22.9 Å². The summed E-state index contributed by atoms with van der Waals surface area (Å²) in [4.78, 5) is 14.1. The minimum absolute atomic E-state index is 0.0300. The first-order chi connectivity index (χ1) is 18.3. The molecule has 2 atom stereocenters. The van der Waals surface area contributed by atoms with Gasteiger partial charge in [-0.05, 0) is 37.0 Å². The number of anilines is 1. The normalized spacial score (nSPS) is 21.7. The van der Waals surface area contributed by atoms with Crippen molar-refractivity contribution in [2.24, 2.45) is 11.7 Å². The number of carbonyl (C=O) groups is 1. The average molecular weight is 521 g/mol. The van der Waals surface area contributed by atoms with E-state index in [-0.39, 0.29) is 55.6 Å². The number of amides is 1. The van der Waals surface area contributed by atoms with E-state index in [2.05, 4.69) is 16.5 Å². The van der Waals surface area contributed by atoms with Gasteiger partial charge in [-0.2, -0.15) is 10.4 Å². The number of aromatic hydroxyl groups is 1. The van der Waals surface area contributed by atoms with E-state index >= 15 is 8.78 Å². The number of hydrogen-bond donors (Lipinski definition) is 3. The van der Waals surface area contributed by atoms with Crippen LogP contribution in [0.3, 0.4) is 0 Å². The van der Waals surface area contributed by atoms with E-state index in [9.17, 15) is 15.2 Å². The van der Waals surface area contributed by atoms with E-state index in [0.29, 0.717) is 29.1 Å². The molecule has 3 aromatic rings. The van der Waals surface area contributed by atoms with E-state index in [0.717, 1.165) is 12.8 Å². The summed E-state index contributed by atoms with van der Waals surface area (Å²) in [5.74, 6) is -0.395. The molecule has 38 heavy (non-hydrogen) atoms. The molecule has 0 bridgehead atoms. The molecule has 1 saturated heterocycles. The van der Waals surface area contributed by atoms with Crippen molar-refractivity contribution in [3.63, 3.8) is 0 Å². The van der Waals surface area contributed by atoms with Gasteiger partial charge in [0, 0.05) is 55.0 Å². The summed E-state index contributed by atoms with van der Waals surface area (Å²) < 4.78 is 32.4. The highest BCUT2D eigenvalue weighted by molar-refractivity contribution is 5.93. The monoisotopic (exact) mass is 520 g/mol. The molecule has 0 radical (unpaired) electrons. The molecule has 10 heteroatoms. The number of nitriles is 1. The second-order valence-corrected chi connectivity index (χ2v) is 10.1. The van der Waals surface area contributed by atoms with Crippen LogP contribution in [0.15, 0.2) is 48.7 Å². The largest absolute Gasteiger partial charge is 0.507 e. The Balaban J connectivity index is 1.34. The first kappa shape index (κ1) is 25.8. The van der Waals surface area contributed by atoms with Crippen LogP contribution < -0.4 is 11.1 Å². The Morgan fingerprint density at radius 1 is 1.26 bits per heavy atom. The van der Waals surface area contributed by atoms with Crippen molar-refractivity contribution in [2.45, 2.75) is 50.5 Å². The minimum Gasteiger partial charge on any atom is -0.507 e. The molecule has 0 spiro atoms. The molecule has 2 heterocycles. The summed E-state index contributed by atoms with van der Waals surface area (Å²) >= 11 is 0. The first-order valence-electron chi connectivity index (χ1n) is 12.7. The second kappa shape index (κ2) is 10.5. The van der Waals surface area contributed by atoms with Gasteiger partial charge in [-0.1, -0.05) is 30.3 Å². The highest BCUT2D eigenvalue weighted by Crippen LogP contribution is 2.38. The van der Waals surface area contributed by atoms with Crippen LogP contribution in [-0.2, 0) is 23.4 Å². The van der Waals surface area contributed by atoms with E-state index in [1.165, 1.54) is 16.8 Å². The maximum Gasteiger partial charge on any atom is 0.228 e. The Kier molecular flexibility index (Phi) is 7.15. The molecular formula is C28H30F2N6O2. The number of alkyl halides is 1. The van der Waals surface area contributed by atoms with Gasteiger partial charge in [0.15, 0.2) is 5.82 Å². The molecule has 1 aromatic heterocycles. The quantitative estimate of drug-likeness (QED) is 0.412. The molecule has 1 aliphatic carbocycles. The molecule has 1 amide bonds. The van der Waals surface area contributed by atoms with Gasteiger partial charge in [0.25, 0.3) is 0 Å². The number of piperidine rings is 1. The third-order valence-corrected chi connectivity index (χ3v) is 7.55. The predicted octanol–water partition coefficient (Wildman–Crippen LogP) is 4.05. The van der Waals surface area contributed by atoms with Crippen LogP contribution in [0.2, 0.25) is 0 Å². The first-order valence-corrected chi connectivity index (χ1v) is 12.7. The lowest BCUT2D eigenvalue weighted by atomic mass is 9.83. The standard InChI is InChI=1S/C28H30F2N6O2/c29-23-13-22(18-4-2-1-3-5-18)24(37)12-20(23)15-35-11-9-28(8-10-31,25(30)17-35)36-16-21(14-32)26(34-36)33-27(38)19-6-7-19/h1-5,12-13,16,19,25,37H,6-9,11,14-15,17,32H2,(H,33,34,38). The number of nitrogens with zero attached hydrogens (tertiary/aromatic N) is 4. The lowest BCUT2D eigenvalue weighted by Crippen LogP contribution is -2.54. The van der Waals surface area contributed by atoms with Crippen molar-refractivity contribution < 1.29 is 18.7 Å². The smallest absolute Gasteiger partial charge is 0.228 e. The van der Waals surface area contributed by atoms with Gasteiger partial charge in [0.2, 0.25) is 5.91 Å². The summed E-state index contributed by atoms with van der Waals surface area (Å²) in [5, 5.41) is 27.4. The number of carbonyl (C=O) groups excluding carboxylic acids is 1. The van der Waals surface area contributed by atoms with E-state index in [1.807, 2.05) is 18.2 Å². The van der Waals surface area contributed by atoms with Crippen LogP contribution in [-0.4, -0.2) is 45.0 Å². The maximum absolute atomic E-state index is 15.9.